The third-order valence-electron chi connectivity index (χ3n) is 2.19. The lowest BCUT2D eigenvalue weighted by molar-refractivity contribution is 0.102. The van der Waals surface area contributed by atoms with Crippen molar-refractivity contribution < 1.29 is 4.79 Å². The summed E-state index contributed by atoms with van der Waals surface area (Å²) in [4.78, 5) is 15.7. The van der Waals surface area contributed by atoms with Crippen LogP contribution in [-0.4, -0.2) is 10.9 Å². The molecule has 6 heteroatoms. The van der Waals surface area contributed by atoms with Gasteiger partial charge in [-0.15, -0.1) is 11.3 Å². The van der Waals surface area contributed by atoms with Gasteiger partial charge in [-0.25, -0.2) is 4.98 Å². The molecule has 88 valence electrons. The molecule has 0 aliphatic heterocycles. The molecule has 0 bridgehead atoms. The Hall–Kier alpha value is -1.59. The van der Waals surface area contributed by atoms with Crippen molar-refractivity contribution in [3.05, 3.63) is 39.9 Å². The number of nitrogens with zero attached hydrogens (tertiary/aromatic N) is 1. The van der Waals surface area contributed by atoms with E-state index in [4.69, 9.17) is 17.3 Å². The van der Waals surface area contributed by atoms with Crippen LogP contribution in [0.15, 0.2) is 23.6 Å². The van der Waals surface area contributed by atoms with E-state index in [1.54, 1.807) is 11.4 Å². The van der Waals surface area contributed by atoms with E-state index in [0.29, 0.717) is 21.5 Å². The number of aryl methyl sites for hydroxylation is 1. The molecule has 1 heterocycles. The fraction of sp³-hybridized carbons (Fsp3) is 0.0909. The number of thiazole rings is 1. The lowest BCUT2D eigenvalue weighted by Gasteiger charge is -2.07. The minimum Gasteiger partial charge on any atom is -0.375 e. The fourth-order valence-electron chi connectivity index (χ4n) is 1.32. The number of nitrogens with two attached hydrogens (primary N) is 1. The number of carbonyl (C=O) groups is 1. The molecular formula is C11H10ClN3OS. The monoisotopic (exact) mass is 267 g/mol. The highest BCUT2D eigenvalue weighted by atomic mass is 35.5. The third kappa shape index (κ3) is 2.57. The summed E-state index contributed by atoms with van der Waals surface area (Å²) in [6.07, 6.45) is 0. The van der Waals surface area contributed by atoms with Gasteiger partial charge < -0.3 is 11.1 Å². The molecule has 1 aromatic carbocycles. The zero-order valence-corrected chi connectivity index (χ0v) is 10.6. The summed E-state index contributed by atoms with van der Waals surface area (Å²) >= 11 is 7.30. The summed E-state index contributed by atoms with van der Waals surface area (Å²) in [6, 6.07) is 5.44. The second kappa shape index (κ2) is 4.73. The number of nitrogens with one attached hydrogen (secondary N) is 1. The molecule has 0 aliphatic rings. The first kappa shape index (κ1) is 11.9. The Kier molecular flexibility index (Phi) is 3.31. The van der Waals surface area contributed by atoms with Gasteiger partial charge in [0.15, 0.2) is 5.13 Å². The number of halogens is 1. The van der Waals surface area contributed by atoms with Crippen LogP contribution in [0.3, 0.4) is 0 Å². The van der Waals surface area contributed by atoms with E-state index < -0.39 is 0 Å². The van der Waals surface area contributed by atoms with E-state index >= 15 is 0 Å². The van der Waals surface area contributed by atoms with Gasteiger partial charge in [0, 0.05) is 5.38 Å². The average Bonchev–Trinajstić information content (AvgIpc) is 2.72. The molecule has 0 spiro atoms. The Labute approximate surface area is 107 Å². The molecule has 4 nitrogen and oxygen atoms in total. The van der Waals surface area contributed by atoms with Gasteiger partial charge in [0.2, 0.25) is 0 Å². The zero-order valence-electron chi connectivity index (χ0n) is 9.03. The molecule has 0 radical (unpaired) electrons. The standard InChI is InChI=1S/C11H10ClN3OS/c1-6-3-2-4-7(9(6)12)14-10(16)8-5-17-11(13)15-8/h2-5H,1H3,(H2,13,15)(H,14,16). The van der Waals surface area contributed by atoms with Gasteiger partial charge in [0.1, 0.15) is 5.69 Å². The van der Waals surface area contributed by atoms with Gasteiger partial charge in [-0.2, -0.15) is 0 Å². The van der Waals surface area contributed by atoms with Gasteiger partial charge in [0.05, 0.1) is 10.7 Å². The molecule has 3 N–H and O–H groups in total. The van der Waals surface area contributed by atoms with Crippen LogP contribution in [0.5, 0.6) is 0 Å². The van der Waals surface area contributed by atoms with Crippen LogP contribution in [0, 0.1) is 6.92 Å². The summed E-state index contributed by atoms with van der Waals surface area (Å²) in [7, 11) is 0. The highest BCUT2D eigenvalue weighted by molar-refractivity contribution is 7.13. The molecule has 0 atom stereocenters. The van der Waals surface area contributed by atoms with Gasteiger partial charge in [0.25, 0.3) is 5.91 Å². The molecule has 2 rings (SSSR count). The quantitative estimate of drug-likeness (QED) is 0.879. The van der Waals surface area contributed by atoms with E-state index in [1.807, 2.05) is 19.1 Å². The second-order valence-electron chi connectivity index (χ2n) is 3.46. The SMILES string of the molecule is Cc1cccc(NC(=O)c2csc(N)n2)c1Cl. The third-order valence-corrected chi connectivity index (χ3v) is 3.37. The minimum atomic E-state index is -0.314. The van der Waals surface area contributed by atoms with Gasteiger partial charge in [-0.05, 0) is 18.6 Å². The summed E-state index contributed by atoms with van der Waals surface area (Å²) in [5.74, 6) is -0.314. The number of rotatable bonds is 2. The molecule has 0 fully saturated rings. The maximum Gasteiger partial charge on any atom is 0.275 e. The molecular weight excluding hydrogens is 258 g/mol. The molecule has 0 aliphatic carbocycles. The lowest BCUT2D eigenvalue weighted by Crippen LogP contribution is -2.12. The number of amides is 1. The van der Waals surface area contributed by atoms with Crippen LogP contribution in [0.1, 0.15) is 16.1 Å². The van der Waals surface area contributed by atoms with Crippen LogP contribution in [0.2, 0.25) is 5.02 Å². The number of nitrogen functional groups attached to an aromatic ring is 1. The fourth-order valence-corrected chi connectivity index (χ4v) is 2.04. The first-order valence-electron chi connectivity index (χ1n) is 4.85. The summed E-state index contributed by atoms with van der Waals surface area (Å²) < 4.78 is 0. The van der Waals surface area contributed by atoms with Gasteiger partial charge >= 0.3 is 0 Å². The average molecular weight is 268 g/mol. The van der Waals surface area contributed by atoms with Crippen LogP contribution in [0.4, 0.5) is 10.8 Å². The molecule has 2 aromatic rings. The van der Waals surface area contributed by atoms with Crippen molar-refractivity contribution in [3.8, 4) is 0 Å². The van der Waals surface area contributed by atoms with Crippen molar-refractivity contribution in [1.82, 2.24) is 4.98 Å². The van der Waals surface area contributed by atoms with Crippen molar-refractivity contribution in [2.45, 2.75) is 6.92 Å². The molecule has 1 aromatic heterocycles. The highest BCUT2D eigenvalue weighted by Gasteiger charge is 2.12. The summed E-state index contributed by atoms with van der Waals surface area (Å²) in [5, 5.41) is 5.20. The highest BCUT2D eigenvalue weighted by Crippen LogP contribution is 2.25. The summed E-state index contributed by atoms with van der Waals surface area (Å²) in [6.45, 7) is 1.87. The van der Waals surface area contributed by atoms with E-state index in [1.165, 1.54) is 11.3 Å². The maximum atomic E-state index is 11.8. The predicted octanol–water partition coefficient (Wildman–Crippen LogP) is 2.94. The number of anilines is 2. The first-order valence-corrected chi connectivity index (χ1v) is 6.11. The molecule has 0 saturated heterocycles. The van der Waals surface area contributed by atoms with E-state index in [2.05, 4.69) is 10.3 Å². The Morgan fingerprint density at radius 1 is 1.53 bits per heavy atom. The van der Waals surface area contributed by atoms with E-state index in [9.17, 15) is 4.79 Å². The largest absolute Gasteiger partial charge is 0.375 e. The van der Waals surface area contributed by atoms with E-state index in [0.717, 1.165) is 5.56 Å². The number of hydrogen-bond acceptors (Lipinski definition) is 4. The summed E-state index contributed by atoms with van der Waals surface area (Å²) in [5.41, 5.74) is 7.24. The minimum absolute atomic E-state index is 0.296. The van der Waals surface area contributed by atoms with Gasteiger partial charge in [-0.1, -0.05) is 23.7 Å². The molecule has 0 saturated carbocycles. The zero-order chi connectivity index (χ0) is 12.4. The van der Waals surface area contributed by atoms with Crippen LogP contribution in [0.25, 0.3) is 0 Å². The Morgan fingerprint density at radius 2 is 2.29 bits per heavy atom. The smallest absolute Gasteiger partial charge is 0.275 e. The predicted molar refractivity (Wildman–Crippen MR) is 70.7 cm³/mol. The topological polar surface area (TPSA) is 68.0 Å². The Bertz CT molecular complexity index is 568. The van der Waals surface area contributed by atoms with E-state index in [-0.39, 0.29) is 5.91 Å². The van der Waals surface area contributed by atoms with Crippen molar-refractivity contribution in [2.75, 3.05) is 11.1 Å². The number of carbonyl (C=O) groups excluding carboxylic acids is 1. The van der Waals surface area contributed by atoms with Crippen molar-refractivity contribution in [3.63, 3.8) is 0 Å². The molecule has 17 heavy (non-hydrogen) atoms. The lowest BCUT2D eigenvalue weighted by atomic mass is 10.2. The number of aromatic nitrogens is 1. The van der Waals surface area contributed by atoms with Crippen LogP contribution < -0.4 is 11.1 Å². The Morgan fingerprint density at radius 3 is 2.94 bits per heavy atom. The van der Waals surface area contributed by atoms with Crippen molar-refractivity contribution in [2.24, 2.45) is 0 Å². The molecule has 0 unspecified atom stereocenters. The second-order valence-corrected chi connectivity index (χ2v) is 4.73. The van der Waals surface area contributed by atoms with Crippen molar-refractivity contribution >= 4 is 39.7 Å². The number of benzene rings is 1. The maximum absolute atomic E-state index is 11.8. The van der Waals surface area contributed by atoms with Crippen LogP contribution in [-0.2, 0) is 0 Å². The van der Waals surface area contributed by atoms with Gasteiger partial charge in [-0.3, -0.25) is 4.79 Å². The Balaban J connectivity index is 2.21. The first-order chi connectivity index (χ1) is 8.08. The van der Waals surface area contributed by atoms with Crippen molar-refractivity contribution in [1.29, 1.82) is 0 Å². The molecule has 1 amide bonds. The van der Waals surface area contributed by atoms with Crippen LogP contribution >= 0.6 is 22.9 Å². The number of hydrogen-bond donors (Lipinski definition) is 2. The normalized spacial score (nSPS) is 10.2.